The van der Waals surface area contributed by atoms with Gasteiger partial charge in [0.1, 0.15) is 6.29 Å². The van der Waals surface area contributed by atoms with Crippen LogP contribution >= 0.6 is 0 Å². The van der Waals surface area contributed by atoms with Crippen LogP contribution in [0.4, 0.5) is 0 Å². The van der Waals surface area contributed by atoms with E-state index in [-0.39, 0.29) is 11.8 Å². The fourth-order valence-corrected chi connectivity index (χ4v) is 5.81. The fourth-order valence-electron chi connectivity index (χ4n) is 5.81. The molecule has 5 heteroatoms. The average Bonchev–Trinajstić information content (AvgIpc) is 2.90. The highest BCUT2D eigenvalue weighted by molar-refractivity contribution is 5.50. The summed E-state index contributed by atoms with van der Waals surface area (Å²) in [7, 11) is 0. The molecule has 0 unspecified atom stereocenters. The van der Waals surface area contributed by atoms with E-state index in [1.165, 1.54) is 5.56 Å². The standard InChI is InChI=1S/C19H26N2O3/c1-2-20-12-19(23)14(8-10-22)4-6-17(19)16-5-3-13-11-21(24)9-7-15(13)18(16)20/h7,9-11,14,16-18,23H,2-6,8,12H2,1H3/t14-,16-,17-,18+,19-/m0/s1. The van der Waals surface area contributed by atoms with Gasteiger partial charge in [-0.25, -0.2) is 0 Å². The Labute approximate surface area is 142 Å². The molecule has 1 saturated carbocycles. The Morgan fingerprint density at radius 1 is 1.46 bits per heavy atom. The Balaban J connectivity index is 1.73. The van der Waals surface area contributed by atoms with E-state index in [2.05, 4.69) is 11.8 Å². The summed E-state index contributed by atoms with van der Waals surface area (Å²) in [5, 5.41) is 23.1. The van der Waals surface area contributed by atoms with Gasteiger partial charge >= 0.3 is 0 Å². The molecule has 0 bridgehead atoms. The first-order valence-corrected chi connectivity index (χ1v) is 9.20. The maximum absolute atomic E-state index is 11.6. The molecule has 4 rings (SSSR count). The van der Waals surface area contributed by atoms with E-state index in [1.807, 2.05) is 6.07 Å². The van der Waals surface area contributed by atoms with Crippen LogP contribution in [0.15, 0.2) is 18.5 Å². The molecule has 3 aliphatic rings. The normalized spacial score (nSPS) is 38.2. The van der Waals surface area contributed by atoms with Crippen LogP contribution in [0.5, 0.6) is 0 Å². The van der Waals surface area contributed by atoms with Crippen molar-refractivity contribution in [2.45, 2.75) is 50.7 Å². The lowest BCUT2D eigenvalue weighted by molar-refractivity contribution is -0.606. The molecule has 1 aromatic rings. The van der Waals surface area contributed by atoms with Gasteiger partial charge in [0, 0.05) is 30.6 Å². The van der Waals surface area contributed by atoms with Crippen LogP contribution in [-0.4, -0.2) is 35.0 Å². The summed E-state index contributed by atoms with van der Waals surface area (Å²) < 4.78 is 0.893. The number of fused-ring (bicyclic) bond motifs is 5. The number of nitrogens with zero attached hydrogens (tertiary/aromatic N) is 2. The lowest BCUT2D eigenvalue weighted by Gasteiger charge is -2.54. The maximum Gasteiger partial charge on any atom is 0.183 e. The summed E-state index contributed by atoms with van der Waals surface area (Å²) in [6, 6.07) is 2.27. The molecule has 0 spiro atoms. The molecule has 1 saturated heterocycles. The third kappa shape index (κ3) is 2.21. The maximum atomic E-state index is 11.6. The molecule has 0 aromatic carbocycles. The van der Waals surface area contributed by atoms with Gasteiger partial charge in [-0.05, 0) is 55.5 Å². The van der Waals surface area contributed by atoms with Crippen molar-refractivity contribution >= 4 is 6.29 Å². The number of pyridine rings is 1. The highest BCUT2D eigenvalue weighted by Crippen LogP contribution is 2.56. The SMILES string of the molecule is CCN1C[C@]2(O)[C@H](CC=O)CC[C@H]2[C@@H]2CCc3c[n+]([O-])ccc3[C@H]21. The van der Waals surface area contributed by atoms with Gasteiger partial charge in [0.25, 0.3) is 0 Å². The zero-order valence-corrected chi connectivity index (χ0v) is 14.2. The predicted octanol–water partition coefficient (Wildman–Crippen LogP) is 1.61. The van der Waals surface area contributed by atoms with Crippen LogP contribution < -0.4 is 4.73 Å². The van der Waals surface area contributed by atoms with E-state index >= 15 is 0 Å². The first-order chi connectivity index (χ1) is 11.6. The number of likely N-dealkylation sites (N-methyl/N-ethyl adjacent to an activating group) is 1. The van der Waals surface area contributed by atoms with Crippen molar-refractivity contribution in [3.05, 3.63) is 34.8 Å². The molecular weight excluding hydrogens is 304 g/mol. The number of aryl methyl sites for hydroxylation is 1. The lowest BCUT2D eigenvalue weighted by Crippen LogP contribution is -2.60. The van der Waals surface area contributed by atoms with E-state index in [9.17, 15) is 15.1 Å². The Morgan fingerprint density at radius 3 is 3.04 bits per heavy atom. The number of β-amino-alcohol motifs (C(OH)–C–C–N with tert-alkyl or cyclic N) is 1. The average molecular weight is 330 g/mol. The number of aliphatic hydroxyl groups is 1. The van der Waals surface area contributed by atoms with Crippen molar-refractivity contribution < 1.29 is 14.6 Å². The Hall–Kier alpha value is -1.46. The molecule has 1 aliphatic heterocycles. The van der Waals surface area contributed by atoms with Crippen LogP contribution in [0, 0.1) is 23.0 Å². The van der Waals surface area contributed by atoms with E-state index in [1.54, 1.807) is 12.4 Å². The molecule has 2 heterocycles. The third-order valence-electron chi connectivity index (χ3n) is 6.85. The second-order valence-corrected chi connectivity index (χ2v) is 7.77. The van der Waals surface area contributed by atoms with Gasteiger partial charge in [-0.2, -0.15) is 4.73 Å². The monoisotopic (exact) mass is 330 g/mol. The molecule has 5 nitrogen and oxygen atoms in total. The van der Waals surface area contributed by atoms with E-state index in [0.29, 0.717) is 24.9 Å². The number of hydrogen-bond donors (Lipinski definition) is 1. The molecule has 1 aromatic heterocycles. The van der Waals surface area contributed by atoms with E-state index < -0.39 is 5.60 Å². The number of carbonyl (C=O) groups excluding carboxylic acids is 1. The van der Waals surface area contributed by atoms with E-state index in [4.69, 9.17) is 0 Å². The fraction of sp³-hybridized carbons (Fsp3) is 0.684. The van der Waals surface area contributed by atoms with Crippen molar-refractivity contribution in [1.29, 1.82) is 0 Å². The molecule has 2 aliphatic carbocycles. The van der Waals surface area contributed by atoms with E-state index in [0.717, 1.165) is 48.8 Å². The van der Waals surface area contributed by atoms with Crippen molar-refractivity contribution in [3.8, 4) is 0 Å². The summed E-state index contributed by atoms with van der Waals surface area (Å²) in [4.78, 5) is 13.4. The lowest BCUT2D eigenvalue weighted by atomic mass is 9.64. The van der Waals surface area contributed by atoms with Gasteiger partial charge in [-0.1, -0.05) is 6.92 Å². The molecular formula is C19H26N2O3. The topological polar surface area (TPSA) is 67.5 Å². The minimum absolute atomic E-state index is 0.0935. The number of likely N-dealkylation sites (tertiary alicyclic amines) is 1. The van der Waals surface area contributed by atoms with Gasteiger partial charge in [-0.3, -0.25) is 4.90 Å². The minimum atomic E-state index is -0.733. The van der Waals surface area contributed by atoms with Crippen molar-refractivity contribution in [2.75, 3.05) is 13.1 Å². The Kier molecular flexibility index (Phi) is 3.88. The first-order valence-electron chi connectivity index (χ1n) is 9.20. The number of hydrogen-bond acceptors (Lipinski definition) is 4. The molecule has 24 heavy (non-hydrogen) atoms. The molecule has 5 atom stereocenters. The summed E-state index contributed by atoms with van der Waals surface area (Å²) in [5.41, 5.74) is 1.68. The van der Waals surface area contributed by atoms with Crippen molar-refractivity contribution in [2.24, 2.45) is 17.8 Å². The third-order valence-corrected chi connectivity index (χ3v) is 6.85. The number of aldehydes is 1. The van der Waals surface area contributed by atoms with Gasteiger partial charge < -0.3 is 15.1 Å². The van der Waals surface area contributed by atoms with Gasteiger partial charge in [0.2, 0.25) is 0 Å². The molecule has 1 N–H and O–H groups in total. The van der Waals surface area contributed by atoms with Gasteiger partial charge in [0.05, 0.1) is 5.60 Å². The summed E-state index contributed by atoms with van der Waals surface area (Å²) in [5.74, 6) is 0.773. The number of aromatic nitrogens is 1. The van der Waals surface area contributed by atoms with Gasteiger partial charge in [0.15, 0.2) is 12.4 Å². The Bertz CT molecular complexity index is 649. The molecule has 130 valence electrons. The smallest absolute Gasteiger partial charge is 0.183 e. The van der Waals surface area contributed by atoms with Crippen LogP contribution in [0.2, 0.25) is 0 Å². The Morgan fingerprint density at radius 2 is 2.29 bits per heavy atom. The number of rotatable bonds is 3. The molecule has 0 amide bonds. The molecule has 2 fully saturated rings. The van der Waals surface area contributed by atoms with Crippen LogP contribution in [0.1, 0.15) is 49.8 Å². The van der Waals surface area contributed by atoms with Gasteiger partial charge in [-0.15, -0.1) is 0 Å². The summed E-state index contributed by atoms with van der Waals surface area (Å²) >= 11 is 0. The van der Waals surface area contributed by atoms with Crippen LogP contribution in [-0.2, 0) is 11.2 Å². The summed E-state index contributed by atoms with van der Waals surface area (Å²) in [6.07, 6.45) is 8.62. The number of carbonyl (C=O) groups is 1. The second kappa shape index (κ2) is 5.81. The zero-order chi connectivity index (χ0) is 16.9. The predicted molar refractivity (Wildman–Crippen MR) is 89.0 cm³/mol. The second-order valence-electron chi connectivity index (χ2n) is 7.77. The number of piperidine rings is 1. The highest BCUT2D eigenvalue weighted by Gasteiger charge is 2.58. The van der Waals surface area contributed by atoms with Crippen LogP contribution in [0.25, 0.3) is 0 Å². The van der Waals surface area contributed by atoms with Crippen LogP contribution in [0.3, 0.4) is 0 Å². The van der Waals surface area contributed by atoms with Crippen molar-refractivity contribution in [1.82, 2.24) is 4.90 Å². The minimum Gasteiger partial charge on any atom is -0.619 e. The molecule has 0 radical (unpaired) electrons. The van der Waals surface area contributed by atoms with Crippen molar-refractivity contribution in [3.63, 3.8) is 0 Å². The highest BCUT2D eigenvalue weighted by atomic mass is 16.5. The largest absolute Gasteiger partial charge is 0.619 e. The summed E-state index contributed by atoms with van der Waals surface area (Å²) in [6.45, 7) is 3.64. The first kappa shape index (κ1) is 16.0. The quantitative estimate of drug-likeness (QED) is 0.519. The zero-order valence-electron chi connectivity index (χ0n) is 14.2.